The summed E-state index contributed by atoms with van der Waals surface area (Å²) in [6.45, 7) is 0. The number of hydrogen-bond donors (Lipinski definition) is 2. The zero-order valence-corrected chi connectivity index (χ0v) is 15.9. The van der Waals surface area contributed by atoms with E-state index in [0.29, 0.717) is 23.3 Å². The summed E-state index contributed by atoms with van der Waals surface area (Å²) in [7, 11) is 2.00. The zero-order valence-electron chi connectivity index (χ0n) is 15.9. The number of aliphatic hydroxyl groups excluding tert-OH is 1. The van der Waals surface area contributed by atoms with Crippen LogP contribution in [0.5, 0.6) is 0 Å². The van der Waals surface area contributed by atoms with Crippen molar-refractivity contribution in [3.63, 3.8) is 0 Å². The maximum absolute atomic E-state index is 12.7. The van der Waals surface area contributed by atoms with Crippen LogP contribution < -0.4 is 10.2 Å². The molecular formula is C20H22F3N5O. The first-order valence-electron chi connectivity index (χ1n) is 9.52. The Bertz CT molecular complexity index is 978. The summed E-state index contributed by atoms with van der Waals surface area (Å²) in [6.07, 6.45) is -1.22. The summed E-state index contributed by atoms with van der Waals surface area (Å²) in [6, 6.07) is 10.7. The van der Waals surface area contributed by atoms with E-state index in [1.807, 2.05) is 25.2 Å². The predicted molar refractivity (Wildman–Crippen MR) is 104 cm³/mol. The molecule has 1 fully saturated rings. The molecule has 1 aliphatic carbocycles. The maximum Gasteiger partial charge on any atom is 0.416 e. The number of fused-ring (bicyclic) bond motifs is 1. The monoisotopic (exact) mass is 405 g/mol. The highest BCUT2D eigenvalue weighted by Gasteiger charge is 2.30. The fourth-order valence-corrected chi connectivity index (χ4v) is 3.72. The molecule has 2 heterocycles. The Morgan fingerprint density at radius 1 is 1.07 bits per heavy atom. The molecule has 1 aromatic carbocycles. The zero-order chi connectivity index (χ0) is 20.6. The quantitative estimate of drug-likeness (QED) is 0.680. The van der Waals surface area contributed by atoms with Gasteiger partial charge in [-0.15, -0.1) is 5.10 Å². The predicted octanol–water partition coefficient (Wildman–Crippen LogP) is 4.23. The molecule has 0 spiro atoms. The number of alkyl halides is 3. The van der Waals surface area contributed by atoms with E-state index in [-0.39, 0.29) is 6.10 Å². The number of benzene rings is 1. The first-order valence-corrected chi connectivity index (χ1v) is 9.52. The van der Waals surface area contributed by atoms with Crippen molar-refractivity contribution in [2.75, 3.05) is 17.3 Å². The average Bonchev–Trinajstić information content (AvgIpc) is 3.10. The molecule has 2 N–H and O–H groups in total. The molecule has 2 aromatic heterocycles. The minimum atomic E-state index is -4.37. The first kappa shape index (κ1) is 19.5. The topological polar surface area (TPSA) is 65.7 Å². The number of nitrogens with one attached hydrogen (secondary N) is 1. The van der Waals surface area contributed by atoms with Crippen molar-refractivity contribution in [2.24, 2.45) is 0 Å². The molecule has 0 bridgehead atoms. The molecule has 1 saturated carbocycles. The van der Waals surface area contributed by atoms with Crippen LogP contribution in [-0.2, 0) is 6.18 Å². The number of anilines is 3. The second-order valence-corrected chi connectivity index (χ2v) is 7.36. The van der Waals surface area contributed by atoms with E-state index in [2.05, 4.69) is 20.3 Å². The Morgan fingerprint density at radius 3 is 2.41 bits per heavy atom. The molecule has 0 radical (unpaired) electrons. The Hall–Kier alpha value is -2.81. The molecular weight excluding hydrogens is 383 g/mol. The van der Waals surface area contributed by atoms with E-state index < -0.39 is 11.7 Å². The maximum atomic E-state index is 12.7. The highest BCUT2D eigenvalue weighted by atomic mass is 19.4. The average molecular weight is 405 g/mol. The Kier molecular flexibility index (Phi) is 5.08. The number of halogens is 3. The molecule has 0 saturated heterocycles. The highest BCUT2D eigenvalue weighted by molar-refractivity contribution is 5.58. The Labute approximate surface area is 166 Å². The smallest absolute Gasteiger partial charge is 0.393 e. The largest absolute Gasteiger partial charge is 0.416 e. The van der Waals surface area contributed by atoms with Gasteiger partial charge in [-0.1, -0.05) is 6.07 Å². The van der Waals surface area contributed by atoms with Gasteiger partial charge >= 0.3 is 6.18 Å². The molecule has 6 nitrogen and oxygen atoms in total. The van der Waals surface area contributed by atoms with Crippen molar-refractivity contribution in [1.29, 1.82) is 0 Å². The molecule has 3 aromatic rings. The summed E-state index contributed by atoms with van der Waals surface area (Å²) in [5.41, 5.74) is 0.414. The standard InChI is InChI=1S/C20H22F3N5O/c1-27(15-9-11-16(29)12-10-15)18-4-2-3-17-25-19(26-28(17)18)24-14-7-5-13(6-8-14)20(21,22)23/h2-8,15-16,29H,9-12H2,1H3,(H,24,26). The SMILES string of the molecule is CN(c1cccc2nc(Nc3ccc(C(F)(F)F)cc3)nn12)C1CCC(O)CC1. The summed E-state index contributed by atoms with van der Waals surface area (Å²) in [5.74, 6) is 1.18. The van der Waals surface area contributed by atoms with E-state index in [1.165, 1.54) is 12.1 Å². The van der Waals surface area contributed by atoms with Gasteiger partial charge in [-0.3, -0.25) is 0 Å². The fraction of sp³-hybridized carbons (Fsp3) is 0.400. The molecule has 1 aliphatic rings. The summed E-state index contributed by atoms with van der Waals surface area (Å²) in [5, 5.41) is 17.2. The second-order valence-electron chi connectivity index (χ2n) is 7.36. The third kappa shape index (κ3) is 4.14. The summed E-state index contributed by atoms with van der Waals surface area (Å²) in [4.78, 5) is 6.58. The van der Waals surface area contributed by atoms with E-state index >= 15 is 0 Å². The van der Waals surface area contributed by atoms with Crippen LogP contribution in [0.4, 0.5) is 30.6 Å². The normalized spacial score (nSPS) is 20.0. The minimum Gasteiger partial charge on any atom is -0.393 e. The van der Waals surface area contributed by atoms with Crippen molar-refractivity contribution in [3.05, 3.63) is 48.0 Å². The van der Waals surface area contributed by atoms with E-state index in [9.17, 15) is 18.3 Å². The number of aromatic nitrogens is 3. The van der Waals surface area contributed by atoms with Crippen LogP contribution in [0.25, 0.3) is 5.65 Å². The lowest BCUT2D eigenvalue weighted by molar-refractivity contribution is -0.137. The highest BCUT2D eigenvalue weighted by Crippen LogP contribution is 2.30. The second kappa shape index (κ2) is 7.55. The van der Waals surface area contributed by atoms with Crippen molar-refractivity contribution in [1.82, 2.24) is 14.6 Å². The van der Waals surface area contributed by atoms with Crippen LogP contribution in [0.3, 0.4) is 0 Å². The lowest BCUT2D eigenvalue weighted by atomic mass is 9.92. The number of aliphatic hydroxyl groups is 1. The van der Waals surface area contributed by atoms with Gasteiger partial charge in [0.2, 0.25) is 5.95 Å². The lowest BCUT2D eigenvalue weighted by Gasteiger charge is -2.34. The number of hydrogen-bond acceptors (Lipinski definition) is 5. The van der Waals surface area contributed by atoms with Gasteiger partial charge in [0.15, 0.2) is 5.65 Å². The first-order chi connectivity index (χ1) is 13.8. The van der Waals surface area contributed by atoms with Gasteiger partial charge in [-0.05, 0) is 62.1 Å². The molecule has 9 heteroatoms. The van der Waals surface area contributed by atoms with Crippen LogP contribution in [0.15, 0.2) is 42.5 Å². The van der Waals surface area contributed by atoms with E-state index in [1.54, 1.807) is 4.52 Å². The van der Waals surface area contributed by atoms with Crippen LogP contribution in [0.1, 0.15) is 31.2 Å². The summed E-state index contributed by atoms with van der Waals surface area (Å²) >= 11 is 0. The van der Waals surface area contributed by atoms with Crippen LogP contribution in [0, 0.1) is 0 Å². The van der Waals surface area contributed by atoms with Crippen molar-refractivity contribution in [3.8, 4) is 0 Å². The molecule has 0 unspecified atom stereocenters. The number of nitrogens with zero attached hydrogens (tertiary/aromatic N) is 4. The molecule has 0 amide bonds. The van der Waals surface area contributed by atoms with E-state index in [4.69, 9.17) is 0 Å². The Morgan fingerprint density at radius 2 is 1.76 bits per heavy atom. The van der Waals surface area contributed by atoms with Gasteiger partial charge in [0.05, 0.1) is 11.7 Å². The van der Waals surface area contributed by atoms with Crippen molar-refractivity contribution in [2.45, 2.75) is 44.0 Å². The third-order valence-electron chi connectivity index (χ3n) is 5.38. The third-order valence-corrected chi connectivity index (χ3v) is 5.38. The van der Waals surface area contributed by atoms with Crippen LogP contribution >= 0.6 is 0 Å². The lowest BCUT2D eigenvalue weighted by Crippen LogP contribution is -2.37. The number of rotatable bonds is 4. The minimum absolute atomic E-state index is 0.221. The molecule has 29 heavy (non-hydrogen) atoms. The molecule has 0 atom stereocenters. The van der Waals surface area contributed by atoms with Gasteiger partial charge in [0.1, 0.15) is 5.82 Å². The van der Waals surface area contributed by atoms with Crippen molar-refractivity contribution < 1.29 is 18.3 Å². The Balaban J connectivity index is 1.56. The molecule has 154 valence electrons. The van der Waals surface area contributed by atoms with E-state index in [0.717, 1.165) is 43.6 Å². The number of pyridine rings is 1. The fourth-order valence-electron chi connectivity index (χ4n) is 3.72. The molecule has 0 aliphatic heterocycles. The van der Waals surface area contributed by atoms with Gasteiger partial charge in [0.25, 0.3) is 0 Å². The van der Waals surface area contributed by atoms with Crippen LogP contribution in [0.2, 0.25) is 0 Å². The van der Waals surface area contributed by atoms with Gasteiger partial charge in [0, 0.05) is 18.8 Å². The van der Waals surface area contributed by atoms with Crippen LogP contribution in [-0.4, -0.2) is 38.9 Å². The van der Waals surface area contributed by atoms with Gasteiger partial charge < -0.3 is 15.3 Å². The summed E-state index contributed by atoms with van der Waals surface area (Å²) < 4.78 is 39.9. The van der Waals surface area contributed by atoms with Crippen molar-refractivity contribution >= 4 is 23.1 Å². The molecule has 4 rings (SSSR count). The van der Waals surface area contributed by atoms with Gasteiger partial charge in [-0.25, -0.2) is 0 Å². The van der Waals surface area contributed by atoms with Gasteiger partial charge in [-0.2, -0.15) is 22.7 Å².